The van der Waals surface area contributed by atoms with Gasteiger partial charge in [0, 0.05) is 19.2 Å². The maximum Gasteiger partial charge on any atom is 0.245 e. The molecule has 6 nitrogen and oxygen atoms in total. The maximum atomic E-state index is 12.4. The maximum absolute atomic E-state index is 12.4. The lowest BCUT2D eigenvalue weighted by Crippen LogP contribution is -2.35. The standard InChI is InChI=1S/C12H17N3O3S/c1-9(6-7-13)15(2)19(16,17)12-5-4-10(18-3)8-11(12)14/h4-5,8-9H,6,14H2,1-3H3. The molecule has 0 fully saturated rings. The number of nitrogens with two attached hydrogens (primary N) is 1. The molecule has 0 aliphatic heterocycles. The molecule has 0 saturated heterocycles. The molecule has 19 heavy (non-hydrogen) atoms. The fraction of sp³-hybridized carbons (Fsp3) is 0.417. The lowest BCUT2D eigenvalue weighted by Gasteiger charge is -2.23. The molecule has 2 N–H and O–H groups in total. The van der Waals surface area contributed by atoms with Crippen LogP contribution in [-0.2, 0) is 10.0 Å². The normalized spacial score (nSPS) is 13.0. The molecular formula is C12H17N3O3S. The van der Waals surface area contributed by atoms with Gasteiger partial charge in [-0.25, -0.2) is 8.42 Å². The fourth-order valence-electron chi connectivity index (χ4n) is 1.54. The predicted octanol–water partition coefficient (Wildman–Crippen LogP) is 1.20. The number of benzene rings is 1. The molecule has 0 aliphatic rings. The smallest absolute Gasteiger partial charge is 0.245 e. The first-order valence-corrected chi connectivity index (χ1v) is 7.07. The Morgan fingerprint density at radius 1 is 1.53 bits per heavy atom. The third-order valence-electron chi connectivity index (χ3n) is 2.88. The van der Waals surface area contributed by atoms with Gasteiger partial charge in [0.25, 0.3) is 0 Å². The van der Waals surface area contributed by atoms with E-state index in [0.29, 0.717) is 5.75 Å². The highest BCUT2D eigenvalue weighted by atomic mass is 32.2. The van der Waals surface area contributed by atoms with Gasteiger partial charge in [-0.2, -0.15) is 9.57 Å². The fourth-order valence-corrected chi connectivity index (χ4v) is 3.00. The summed E-state index contributed by atoms with van der Waals surface area (Å²) >= 11 is 0. The average molecular weight is 283 g/mol. The Morgan fingerprint density at radius 3 is 2.63 bits per heavy atom. The molecule has 104 valence electrons. The Hall–Kier alpha value is -1.78. The molecule has 0 bridgehead atoms. The molecule has 0 radical (unpaired) electrons. The van der Waals surface area contributed by atoms with Gasteiger partial charge in [0.05, 0.1) is 25.3 Å². The van der Waals surface area contributed by atoms with Crippen molar-refractivity contribution in [1.29, 1.82) is 5.26 Å². The van der Waals surface area contributed by atoms with Crippen LogP contribution in [0.2, 0.25) is 0 Å². The minimum Gasteiger partial charge on any atom is -0.497 e. The number of nitriles is 1. The number of hydrogen-bond acceptors (Lipinski definition) is 5. The Morgan fingerprint density at radius 2 is 2.16 bits per heavy atom. The first-order chi connectivity index (χ1) is 8.84. The third kappa shape index (κ3) is 3.16. The van der Waals surface area contributed by atoms with Crippen LogP contribution in [-0.4, -0.2) is 32.9 Å². The highest BCUT2D eigenvalue weighted by Crippen LogP contribution is 2.27. The third-order valence-corrected chi connectivity index (χ3v) is 4.93. The minimum atomic E-state index is -3.71. The van der Waals surface area contributed by atoms with Gasteiger partial charge in [0.2, 0.25) is 10.0 Å². The lowest BCUT2D eigenvalue weighted by atomic mass is 10.3. The van der Waals surface area contributed by atoms with Gasteiger partial charge in [-0.15, -0.1) is 0 Å². The number of sulfonamides is 1. The van der Waals surface area contributed by atoms with Crippen LogP contribution in [0.1, 0.15) is 13.3 Å². The quantitative estimate of drug-likeness (QED) is 0.819. The molecule has 0 saturated carbocycles. The van der Waals surface area contributed by atoms with Gasteiger partial charge < -0.3 is 10.5 Å². The summed E-state index contributed by atoms with van der Waals surface area (Å²) < 4.78 is 30.9. The summed E-state index contributed by atoms with van der Waals surface area (Å²) in [6.45, 7) is 1.67. The van der Waals surface area contributed by atoms with Crippen LogP contribution in [0.25, 0.3) is 0 Å². The van der Waals surface area contributed by atoms with Crippen molar-refractivity contribution in [1.82, 2.24) is 4.31 Å². The van der Waals surface area contributed by atoms with Crippen molar-refractivity contribution >= 4 is 15.7 Å². The van der Waals surface area contributed by atoms with Crippen molar-refractivity contribution in [2.24, 2.45) is 0 Å². The molecule has 0 aromatic heterocycles. The second-order valence-corrected chi connectivity index (χ2v) is 6.10. The largest absolute Gasteiger partial charge is 0.497 e. The molecule has 1 aromatic carbocycles. The molecule has 0 spiro atoms. The molecule has 0 heterocycles. The Labute approximate surface area is 113 Å². The van der Waals surface area contributed by atoms with Crippen molar-refractivity contribution in [3.8, 4) is 11.8 Å². The Bertz CT molecular complexity index is 593. The van der Waals surface area contributed by atoms with Crippen LogP contribution in [0.4, 0.5) is 5.69 Å². The topological polar surface area (TPSA) is 96.4 Å². The van der Waals surface area contributed by atoms with Gasteiger partial charge in [-0.1, -0.05) is 0 Å². The Balaban J connectivity index is 3.17. The van der Waals surface area contributed by atoms with Crippen molar-refractivity contribution in [2.45, 2.75) is 24.3 Å². The van der Waals surface area contributed by atoms with E-state index in [1.807, 2.05) is 6.07 Å². The first-order valence-electron chi connectivity index (χ1n) is 5.63. The first kappa shape index (κ1) is 15.3. The number of methoxy groups -OCH3 is 1. The van der Waals surface area contributed by atoms with Crippen LogP contribution in [0, 0.1) is 11.3 Å². The predicted molar refractivity (Wildman–Crippen MR) is 72.0 cm³/mol. The summed E-state index contributed by atoms with van der Waals surface area (Å²) in [6, 6.07) is 5.92. The zero-order valence-electron chi connectivity index (χ0n) is 11.1. The monoisotopic (exact) mass is 283 g/mol. The zero-order chi connectivity index (χ0) is 14.6. The molecule has 1 aromatic rings. The number of rotatable bonds is 5. The summed E-state index contributed by atoms with van der Waals surface area (Å²) in [6.07, 6.45) is 0.117. The zero-order valence-corrected chi connectivity index (χ0v) is 11.9. The molecule has 1 rings (SSSR count). The number of anilines is 1. The minimum absolute atomic E-state index is 0.0144. The van der Waals surface area contributed by atoms with E-state index < -0.39 is 16.1 Å². The average Bonchev–Trinajstić information content (AvgIpc) is 2.37. The van der Waals surface area contributed by atoms with E-state index in [-0.39, 0.29) is 17.0 Å². The number of ether oxygens (including phenoxy) is 1. The summed E-state index contributed by atoms with van der Waals surface area (Å²) in [5, 5.41) is 8.63. The van der Waals surface area contributed by atoms with Gasteiger partial charge in [-0.05, 0) is 19.1 Å². The van der Waals surface area contributed by atoms with Crippen molar-refractivity contribution in [3.05, 3.63) is 18.2 Å². The van der Waals surface area contributed by atoms with E-state index >= 15 is 0 Å². The van der Waals surface area contributed by atoms with Gasteiger partial charge in [0.15, 0.2) is 0 Å². The second-order valence-electron chi connectivity index (χ2n) is 4.14. The number of nitrogen functional groups attached to an aromatic ring is 1. The number of hydrogen-bond donors (Lipinski definition) is 1. The molecule has 1 atom stereocenters. The van der Waals surface area contributed by atoms with Crippen LogP contribution >= 0.6 is 0 Å². The molecule has 0 amide bonds. The highest BCUT2D eigenvalue weighted by molar-refractivity contribution is 7.89. The van der Waals surface area contributed by atoms with Crippen LogP contribution < -0.4 is 10.5 Å². The van der Waals surface area contributed by atoms with Crippen LogP contribution in [0.3, 0.4) is 0 Å². The summed E-state index contributed by atoms with van der Waals surface area (Å²) in [5.74, 6) is 0.490. The van der Waals surface area contributed by atoms with E-state index in [4.69, 9.17) is 15.7 Å². The molecule has 1 unspecified atom stereocenters. The second kappa shape index (κ2) is 5.91. The SMILES string of the molecule is COc1ccc(S(=O)(=O)N(C)C(C)CC#N)c(N)c1. The van der Waals surface area contributed by atoms with Gasteiger partial charge >= 0.3 is 0 Å². The molecular weight excluding hydrogens is 266 g/mol. The van der Waals surface area contributed by atoms with Gasteiger partial charge in [0.1, 0.15) is 10.6 Å². The molecule has 7 heteroatoms. The summed E-state index contributed by atoms with van der Waals surface area (Å²) in [7, 11) is -0.807. The van der Waals surface area contributed by atoms with E-state index in [2.05, 4.69) is 0 Å². The van der Waals surface area contributed by atoms with Crippen molar-refractivity contribution < 1.29 is 13.2 Å². The van der Waals surface area contributed by atoms with Crippen molar-refractivity contribution in [3.63, 3.8) is 0 Å². The van der Waals surface area contributed by atoms with E-state index in [0.717, 1.165) is 4.31 Å². The summed E-state index contributed by atoms with van der Waals surface area (Å²) in [5.41, 5.74) is 5.86. The highest BCUT2D eigenvalue weighted by Gasteiger charge is 2.27. The van der Waals surface area contributed by atoms with E-state index in [1.54, 1.807) is 6.92 Å². The van der Waals surface area contributed by atoms with Crippen molar-refractivity contribution in [2.75, 3.05) is 19.9 Å². The lowest BCUT2D eigenvalue weighted by molar-refractivity contribution is 0.393. The molecule has 0 aliphatic carbocycles. The van der Waals surface area contributed by atoms with E-state index in [1.165, 1.54) is 32.4 Å². The van der Waals surface area contributed by atoms with E-state index in [9.17, 15) is 8.42 Å². The van der Waals surface area contributed by atoms with Crippen LogP contribution in [0.15, 0.2) is 23.1 Å². The Kier molecular flexibility index (Phi) is 4.75. The summed E-state index contributed by atoms with van der Waals surface area (Å²) in [4.78, 5) is 0.0144. The number of nitrogens with zero attached hydrogens (tertiary/aromatic N) is 2. The van der Waals surface area contributed by atoms with Crippen LogP contribution in [0.5, 0.6) is 5.75 Å². The van der Waals surface area contributed by atoms with Gasteiger partial charge in [-0.3, -0.25) is 0 Å².